The monoisotopic (exact) mass is 598 g/mol. The fourth-order valence-electron chi connectivity index (χ4n) is 4.61. The van der Waals surface area contributed by atoms with E-state index in [1.165, 1.54) is 19.4 Å². The van der Waals surface area contributed by atoms with Crippen molar-refractivity contribution in [2.24, 2.45) is 5.92 Å². The maximum Gasteiger partial charge on any atom is 0.303 e. The number of carbonyl (C=O) groups is 2. The van der Waals surface area contributed by atoms with Crippen LogP contribution < -0.4 is 4.74 Å². The van der Waals surface area contributed by atoms with Gasteiger partial charge in [0.1, 0.15) is 18.5 Å². The minimum atomic E-state index is -0.813. The average Bonchev–Trinajstić information content (AvgIpc) is 2.96. The van der Waals surface area contributed by atoms with Crippen LogP contribution in [0.1, 0.15) is 52.5 Å². The Morgan fingerprint density at radius 1 is 0.762 bits per heavy atom. The van der Waals surface area contributed by atoms with Gasteiger partial charge in [-0.25, -0.2) is 0 Å². The Kier molecular flexibility index (Phi) is 18.3. The summed E-state index contributed by atoms with van der Waals surface area (Å²) in [5.41, 5.74) is 1.20. The van der Waals surface area contributed by atoms with Crippen LogP contribution in [0.4, 0.5) is 0 Å². The molecule has 0 saturated carbocycles. The van der Waals surface area contributed by atoms with E-state index < -0.39 is 30.4 Å². The van der Waals surface area contributed by atoms with Gasteiger partial charge in [-0.3, -0.25) is 9.59 Å². The molecule has 1 saturated heterocycles. The van der Waals surface area contributed by atoms with E-state index in [-0.39, 0.29) is 12.0 Å². The number of unbranched alkanes of at least 4 members (excludes halogenated alkanes) is 1. The second kappa shape index (κ2) is 21.4. The SMILES string of the molecule is CC[C@H]1O[C@@H](OCCCCc2ccc(OCCOCCOCCOCCOC)cc2)[C@H](OC(C)=O)[C@@H](OC(C)=O)[C@@H]1C. The summed E-state index contributed by atoms with van der Waals surface area (Å²) in [4.78, 5) is 23.5. The summed E-state index contributed by atoms with van der Waals surface area (Å²) in [5, 5.41) is 0. The van der Waals surface area contributed by atoms with Crippen molar-refractivity contribution >= 4 is 11.9 Å². The molecule has 1 aromatic carbocycles. The lowest BCUT2D eigenvalue weighted by atomic mass is 9.89. The van der Waals surface area contributed by atoms with E-state index in [1.807, 2.05) is 26.0 Å². The Balaban J connectivity index is 1.62. The minimum Gasteiger partial charge on any atom is -0.491 e. The highest BCUT2D eigenvalue weighted by Gasteiger charge is 2.47. The standard InChI is InChI=1S/C31H50O11/c1-6-28-23(2)29(40-24(3)32)30(41-25(4)33)31(42-28)39-14-8-7-9-26-10-12-27(13-11-26)38-22-21-37-20-19-36-18-17-35-16-15-34-5/h10-13,23,28-31H,6-9,14-22H2,1-5H3/t23-,28-,29+,30-,31-/m1/s1. The molecule has 0 bridgehead atoms. The molecule has 2 rings (SSSR count). The topological polar surface area (TPSA) is 117 Å². The Bertz CT molecular complexity index is 863. The molecule has 1 aliphatic rings. The first-order chi connectivity index (χ1) is 20.3. The number of ether oxygens (including phenoxy) is 9. The molecule has 1 aliphatic heterocycles. The van der Waals surface area contributed by atoms with Crippen molar-refractivity contribution in [2.75, 3.05) is 66.6 Å². The summed E-state index contributed by atoms with van der Waals surface area (Å²) < 4.78 is 50.1. The van der Waals surface area contributed by atoms with Gasteiger partial charge < -0.3 is 42.6 Å². The first-order valence-corrected chi connectivity index (χ1v) is 14.9. The van der Waals surface area contributed by atoms with E-state index in [9.17, 15) is 9.59 Å². The summed E-state index contributed by atoms with van der Waals surface area (Å²) in [5.74, 6) is -0.243. The Morgan fingerprint density at radius 3 is 1.90 bits per heavy atom. The van der Waals surface area contributed by atoms with E-state index in [0.29, 0.717) is 59.5 Å². The summed E-state index contributed by atoms with van der Waals surface area (Å²) in [7, 11) is 1.64. The third kappa shape index (κ3) is 14.3. The molecule has 1 heterocycles. The molecule has 0 spiro atoms. The van der Waals surface area contributed by atoms with Crippen molar-refractivity contribution in [1.29, 1.82) is 0 Å². The van der Waals surface area contributed by atoms with Gasteiger partial charge in [-0.1, -0.05) is 26.0 Å². The first kappa shape index (κ1) is 35.9. The summed E-state index contributed by atoms with van der Waals surface area (Å²) in [6.07, 6.45) is 0.893. The van der Waals surface area contributed by atoms with Gasteiger partial charge in [-0.2, -0.15) is 0 Å². The van der Waals surface area contributed by atoms with Crippen LogP contribution in [0.3, 0.4) is 0 Å². The van der Waals surface area contributed by atoms with Gasteiger partial charge in [-0.05, 0) is 43.4 Å². The molecular weight excluding hydrogens is 548 g/mol. The molecule has 1 aromatic rings. The number of hydrogen-bond donors (Lipinski definition) is 0. The summed E-state index contributed by atoms with van der Waals surface area (Å²) in [6.45, 7) is 11.2. The highest BCUT2D eigenvalue weighted by molar-refractivity contribution is 5.67. The van der Waals surface area contributed by atoms with E-state index in [4.69, 9.17) is 42.6 Å². The zero-order valence-corrected chi connectivity index (χ0v) is 25.9. The zero-order chi connectivity index (χ0) is 30.6. The van der Waals surface area contributed by atoms with Crippen molar-refractivity contribution in [3.63, 3.8) is 0 Å². The van der Waals surface area contributed by atoms with Gasteiger partial charge >= 0.3 is 11.9 Å². The molecule has 0 amide bonds. The molecular formula is C31H50O11. The van der Waals surface area contributed by atoms with Crippen molar-refractivity contribution in [2.45, 2.75) is 78.0 Å². The number of esters is 2. The Morgan fingerprint density at radius 2 is 1.33 bits per heavy atom. The van der Waals surface area contributed by atoms with Crippen LogP contribution in [0, 0.1) is 5.92 Å². The maximum atomic E-state index is 11.8. The fourth-order valence-corrected chi connectivity index (χ4v) is 4.61. The summed E-state index contributed by atoms with van der Waals surface area (Å²) in [6, 6.07) is 8.02. The number of rotatable bonds is 22. The molecule has 42 heavy (non-hydrogen) atoms. The molecule has 11 heteroatoms. The molecule has 11 nitrogen and oxygen atoms in total. The van der Waals surface area contributed by atoms with Gasteiger partial charge in [0.2, 0.25) is 0 Å². The maximum absolute atomic E-state index is 11.8. The smallest absolute Gasteiger partial charge is 0.303 e. The van der Waals surface area contributed by atoms with Crippen molar-refractivity contribution in [3.8, 4) is 5.75 Å². The Hall–Kier alpha value is -2.28. The predicted octanol–water partition coefficient (Wildman–Crippen LogP) is 3.74. The second-order valence-corrected chi connectivity index (χ2v) is 10.1. The number of methoxy groups -OCH3 is 1. The van der Waals surface area contributed by atoms with Crippen LogP contribution in [-0.4, -0.2) is 103 Å². The third-order valence-corrected chi connectivity index (χ3v) is 6.75. The molecule has 1 fully saturated rings. The minimum absolute atomic E-state index is 0.135. The highest BCUT2D eigenvalue weighted by atomic mass is 16.7. The molecule has 5 atom stereocenters. The summed E-state index contributed by atoms with van der Waals surface area (Å²) >= 11 is 0. The zero-order valence-electron chi connectivity index (χ0n) is 25.9. The van der Waals surface area contributed by atoms with Crippen molar-refractivity contribution in [3.05, 3.63) is 29.8 Å². The Labute approximate surface area is 250 Å². The van der Waals surface area contributed by atoms with Gasteiger partial charge in [0.05, 0.1) is 52.4 Å². The van der Waals surface area contributed by atoms with Crippen LogP contribution in [-0.2, 0) is 53.9 Å². The van der Waals surface area contributed by atoms with Crippen LogP contribution >= 0.6 is 0 Å². The van der Waals surface area contributed by atoms with Crippen LogP contribution in [0.15, 0.2) is 24.3 Å². The number of hydrogen-bond acceptors (Lipinski definition) is 11. The van der Waals surface area contributed by atoms with Gasteiger partial charge in [0.15, 0.2) is 12.4 Å². The predicted molar refractivity (Wildman–Crippen MR) is 154 cm³/mol. The number of aryl methyl sites for hydroxylation is 1. The fraction of sp³-hybridized carbons (Fsp3) is 0.742. The average molecular weight is 599 g/mol. The molecule has 0 radical (unpaired) electrons. The molecule has 0 aliphatic carbocycles. The van der Waals surface area contributed by atoms with Crippen molar-refractivity contribution < 1.29 is 52.2 Å². The molecule has 0 aromatic heterocycles. The lowest BCUT2D eigenvalue weighted by molar-refractivity contribution is -0.290. The van der Waals surface area contributed by atoms with E-state index in [2.05, 4.69) is 12.1 Å². The quantitative estimate of drug-likeness (QED) is 0.144. The van der Waals surface area contributed by atoms with Crippen LogP contribution in [0.2, 0.25) is 0 Å². The van der Waals surface area contributed by atoms with Gasteiger partial charge in [0, 0.05) is 33.5 Å². The number of benzene rings is 1. The lowest BCUT2D eigenvalue weighted by Gasteiger charge is -2.43. The van der Waals surface area contributed by atoms with E-state index in [0.717, 1.165) is 31.4 Å². The highest BCUT2D eigenvalue weighted by Crippen LogP contribution is 2.32. The second-order valence-electron chi connectivity index (χ2n) is 10.1. The number of carbonyl (C=O) groups excluding carboxylic acids is 2. The normalized spacial score (nSPS) is 22.1. The van der Waals surface area contributed by atoms with Crippen LogP contribution in [0.25, 0.3) is 0 Å². The van der Waals surface area contributed by atoms with Gasteiger partial charge in [-0.15, -0.1) is 0 Å². The molecule has 0 unspecified atom stereocenters. The third-order valence-electron chi connectivity index (χ3n) is 6.75. The molecule has 240 valence electrons. The lowest BCUT2D eigenvalue weighted by Crippen LogP contribution is -2.57. The van der Waals surface area contributed by atoms with E-state index >= 15 is 0 Å². The largest absolute Gasteiger partial charge is 0.491 e. The van der Waals surface area contributed by atoms with Gasteiger partial charge in [0.25, 0.3) is 0 Å². The molecule has 0 N–H and O–H groups in total. The first-order valence-electron chi connectivity index (χ1n) is 14.9. The van der Waals surface area contributed by atoms with Crippen molar-refractivity contribution in [1.82, 2.24) is 0 Å². The van der Waals surface area contributed by atoms with E-state index in [1.54, 1.807) is 7.11 Å². The van der Waals surface area contributed by atoms with Crippen LogP contribution in [0.5, 0.6) is 5.75 Å².